The molecule has 0 aromatic heterocycles. The minimum atomic E-state index is -0.235. The second-order valence-electron chi connectivity index (χ2n) is 6.69. The number of nitrogens with zero attached hydrogens (tertiary/aromatic N) is 2. The van der Waals surface area contributed by atoms with E-state index in [-0.39, 0.29) is 17.7 Å². The lowest BCUT2D eigenvalue weighted by Gasteiger charge is -2.25. The van der Waals surface area contributed by atoms with Crippen LogP contribution < -0.4 is 9.47 Å². The van der Waals surface area contributed by atoms with Crippen molar-refractivity contribution < 1.29 is 19.1 Å². The number of hydrogen-bond donors (Lipinski definition) is 0. The quantitative estimate of drug-likeness (QED) is 0.678. The van der Waals surface area contributed by atoms with Gasteiger partial charge in [0, 0.05) is 32.6 Å². The molecule has 1 atom stereocenters. The molecule has 1 heterocycles. The first-order valence-electron chi connectivity index (χ1n) is 9.31. The van der Waals surface area contributed by atoms with Crippen molar-refractivity contribution in [1.82, 2.24) is 9.80 Å². The number of rotatable bonds is 9. The third-order valence-electron chi connectivity index (χ3n) is 4.68. The van der Waals surface area contributed by atoms with Gasteiger partial charge in [0.15, 0.2) is 11.5 Å². The monoisotopic (exact) mass is 362 g/mol. The summed E-state index contributed by atoms with van der Waals surface area (Å²) in [6.45, 7) is 6.61. The molecule has 2 amide bonds. The van der Waals surface area contributed by atoms with E-state index in [1.807, 2.05) is 23.1 Å². The molecule has 6 heteroatoms. The molecule has 0 saturated carbocycles. The van der Waals surface area contributed by atoms with Crippen LogP contribution in [-0.4, -0.2) is 55.5 Å². The predicted molar refractivity (Wildman–Crippen MR) is 100 cm³/mol. The summed E-state index contributed by atoms with van der Waals surface area (Å²) in [6, 6.07) is 5.63. The van der Waals surface area contributed by atoms with Gasteiger partial charge in [-0.1, -0.05) is 19.9 Å². The lowest BCUT2D eigenvalue weighted by Crippen LogP contribution is -2.38. The fourth-order valence-corrected chi connectivity index (χ4v) is 3.42. The second-order valence-corrected chi connectivity index (χ2v) is 6.69. The van der Waals surface area contributed by atoms with Crippen molar-refractivity contribution in [3.05, 3.63) is 23.8 Å². The minimum Gasteiger partial charge on any atom is -0.493 e. The van der Waals surface area contributed by atoms with Gasteiger partial charge in [0.1, 0.15) is 0 Å². The second kappa shape index (κ2) is 9.46. The van der Waals surface area contributed by atoms with Crippen molar-refractivity contribution in [2.24, 2.45) is 5.92 Å². The number of benzene rings is 1. The summed E-state index contributed by atoms with van der Waals surface area (Å²) in [5.74, 6) is 1.21. The highest BCUT2D eigenvalue weighted by molar-refractivity contribution is 5.89. The van der Waals surface area contributed by atoms with Gasteiger partial charge in [-0.25, -0.2) is 0 Å². The normalized spacial score (nSPS) is 16.7. The summed E-state index contributed by atoms with van der Waals surface area (Å²) in [5, 5.41) is 0. The van der Waals surface area contributed by atoms with E-state index in [2.05, 4.69) is 13.8 Å². The van der Waals surface area contributed by atoms with Gasteiger partial charge in [0.25, 0.3) is 0 Å². The zero-order valence-corrected chi connectivity index (χ0v) is 16.3. The lowest BCUT2D eigenvalue weighted by molar-refractivity contribution is -0.136. The van der Waals surface area contributed by atoms with E-state index in [4.69, 9.17) is 9.47 Å². The first-order chi connectivity index (χ1) is 12.5. The fourth-order valence-electron chi connectivity index (χ4n) is 3.42. The van der Waals surface area contributed by atoms with Crippen molar-refractivity contribution in [3.8, 4) is 11.5 Å². The SMILES string of the molecule is CCCN(CCC)C(=O)C1CC(=O)N(Cc2ccc(OC)c(OC)c2)C1. The summed E-state index contributed by atoms with van der Waals surface area (Å²) >= 11 is 0. The Morgan fingerprint density at radius 2 is 1.81 bits per heavy atom. The van der Waals surface area contributed by atoms with Crippen LogP contribution >= 0.6 is 0 Å². The number of likely N-dealkylation sites (tertiary alicyclic amines) is 1. The molecule has 1 aliphatic rings. The third kappa shape index (κ3) is 4.68. The molecule has 2 rings (SSSR count). The standard InChI is InChI=1S/C20H30N2O4/c1-5-9-21(10-6-2)20(24)16-12-19(23)22(14-16)13-15-7-8-17(25-3)18(11-15)26-4/h7-8,11,16H,5-6,9-10,12-14H2,1-4H3. The summed E-state index contributed by atoms with van der Waals surface area (Å²) in [6.07, 6.45) is 2.17. The summed E-state index contributed by atoms with van der Waals surface area (Å²) in [4.78, 5) is 28.8. The molecule has 0 radical (unpaired) electrons. The fraction of sp³-hybridized carbons (Fsp3) is 0.600. The molecule has 0 spiro atoms. The largest absolute Gasteiger partial charge is 0.493 e. The van der Waals surface area contributed by atoms with E-state index >= 15 is 0 Å². The minimum absolute atomic E-state index is 0.0334. The maximum Gasteiger partial charge on any atom is 0.227 e. The zero-order valence-electron chi connectivity index (χ0n) is 16.3. The molecule has 1 aliphatic heterocycles. The highest BCUT2D eigenvalue weighted by Crippen LogP contribution is 2.29. The van der Waals surface area contributed by atoms with E-state index in [0.29, 0.717) is 31.0 Å². The van der Waals surface area contributed by atoms with Gasteiger partial charge in [-0.15, -0.1) is 0 Å². The zero-order chi connectivity index (χ0) is 19.1. The molecule has 1 saturated heterocycles. The molecule has 26 heavy (non-hydrogen) atoms. The average molecular weight is 362 g/mol. The highest BCUT2D eigenvalue weighted by Gasteiger charge is 2.36. The van der Waals surface area contributed by atoms with E-state index in [1.54, 1.807) is 19.1 Å². The van der Waals surface area contributed by atoms with Crippen LogP contribution in [0.4, 0.5) is 0 Å². The van der Waals surface area contributed by atoms with Gasteiger partial charge in [-0.3, -0.25) is 9.59 Å². The summed E-state index contributed by atoms with van der Waals surface area (Å²) in [5.41, 5.74) is 0.961. The van der Waals surface area contributed by atoms with E-state index in [9.17, 15) is 9.59 Å². The first kappa shape index (κ1) is 20.1. The Balaban J connectivity index is 2.04. The molecular formula is C20H30N2O4. The van der Waals surface area contributed by atoms with Crippen LogP contribution in [0.5, 0.6) is 11.5 Å². The van der Waals surface area contributed by atoms with E-state index in [0.717, 1.165) is 31.5 Å². The molecule has 1 fully saturated rings. The van der Waals surface area contributed by atoms with Gasteiger partial charge in [0.2, 0.25) is 11.8 Å². The van der Waals surface area contributed by atoms with E-state index < -0.39 is 0 Å². The van der Waals surface area contributed by atoms with Gasteiger partial charge in [-0.2, -0.15) is 0 Å². The maximum atomic E-state index is 12.8. The molecule has 0 N–H and O–H groups in total. The summed E-state index contributed by atoms with van der Waals surface area (Å²) < 4.78 is 10.6. The Bertz CT molecular complexity index is 626. The third-order valence-corrected chi connectivity index (χ3v) is 4.68. The van der Waals surface area contributed by atoms with Crippen LogP contribution in [-0.2, 0) is 16.1 Å². The van der Waals surface area contributed by atoms with Crippen molar-refractivity contribution in [3.63, 3.8) is 0 Å². The van der Waals surface area contributed by atoms with Crippen molar-refractivity contribution >= 4 is 11.8 Å². The van der Waals surface area contributed by atoms with Crippen LogP contribution in [0.2, 0.25) is 0 Å². The Kier molecular flexibility index (Phi) is 7.30. The molecule has 6 nitrogen and oxygen atoms in total. The molecule has 1 aromatic rings. The van der Waals surface area contributed by atoms with E-state index in [1.165, 1.54) is 0 Å². The topological polar surface area (TPSA) is 59.1 Å². The van der Waals surface area contributed by atoms with Crippen molar-refractivity contribution in [1.29, 1.82) is 0 Å². The van der Waals surface area contributed by atoms with Crippen molar-refractivity contribution in [2.75, 3.05) is 33.9 Å². The molecule has 1 unspecified atom stereocenters. The number of amides is 2. The van der Waals surface area contributed by atoms with Gasteiger partial charge in [-0.05, 0) is 30.5 Å². The van der Waals surface area contributed by atoms with Crippen LogP contribution in [0.15, 0.2) is 18.2 Å². The lowest BCUT2D eigenvalue weighted by atomic mass is 10.1. The Labute approximate surface area is 156 Å². The van der Waals surface area contributed by atoms with Crippen LogP contribution in [0.3, 0.4) is 0 Å². The highest BCUT2D eigenvalue weighted by atomic mass is 16.5. The van der Waals surface area contributed by atoms with Crippen molar-refractivity contribution in [2.45, 2.75) is 39.7 Å². The van der Waals surface area contributed by atoms with Crippen LogP contribution in [0, 0.1) is 5.92 Å². The molecular weight excluding hydrogens is 332 g/mol. The predicted octanol–water partition coefficient (Wildman–Crippen LogP) is 2.70. The Morgan fingerprint density at radius 1 is 1.15 bits per heavy atom. The molecule has 0 bridgehead atoms. The van der Waals surface area contributed by atoms with Gasteiger partial charge in [0.05, 0.1) is 20.1 Å². The first-order valence-corrected chi connectivity index (χ1v) is 9.31. The molecule has 1 aromatic carbocycles. The van der Waals surface area contributed by atoms with Gasteiger partial charge >= 0.3 is 0 Å². The van der Waals surface area contributed by atoms with Gasteiger partial charge < -0.3 is 19.3 Å². The molecule has 0 aliphatic carbocycles. The Hall–Kier alpha value is -2.24. The average Bonchev–Trinajstić information content (AvgIpc) is 3.01. The number of carbonyl (C=O) groups excluding carboxylic acids is 2. The van der Waals surface area contributed by atoms with Crippen LogP contribution in [0.1, 0.15) is 38.7 Å². The maximum absolute atomic E-state index is 12.8. The number of carbonyl (C=O) groups is 2. The molecule has 144 valence electrons. The smallest absolute Gasteiger partial charge is 0.227 e. The number of hydrogen-bond acceptors (Lipinski definition) is 4. The Morgan fingerprint density at radius 3 is 2.38 bits per heavy atom. The summed E-state index contributed by atoms with van der Waals surface area (Å²) in [7, 11) is 3.18. The number of methoxy groups -OCH3 is 2. The number of ether oxygens (including phenoxy) is 2. The van der Waals surface area contributed by atoms with Crippen LogP contribution in [0.25, 0.3) is 0 Å².